The van der Waals surface area contributed by atoms with Crippen LogP contribution in [-0.2, 0) is 23.1 Å². The van der Waals surface area contributed by atoms with Gasteiger partial charge in [-0.3, -0.25) is 24.5 Å². The van der Waals surface area contributed by atoms with Gasteiger partial charge in [-0.25, -0.2) is 0 Å². The number of nitrogens with one attached hydrogen (secondary N) is 1. The fourth-order valence-corrected chi connectivity index (χ4v) is 1.86. The van der Waals surface area contributed by atoms with Crippen LogP contribution < -0.4 is 5.32 Å². The van der Waals surface area contributed by atoms with Crippen molar-refractivity contribution in [2.75, 3.05) is 13.1 Å². The number of rotatable bonds is 3. The van der Waals surface area contributed by atoms with E-state index in [0.717, 1.165) is 5.56 Å². The third kappa shape index (κ3) is 2.52. The summed E-state index contributed by atoms with van der Waals surface area (Å²) in [4.78, 5) is 24.7. The van der Waals surface area contributed by atoms with Crippen molar-refractivity contribution in [3.05, 3.63) is 18.0 Å². The highest BCUT2D eigenvalue weighted by molar-refractivity contribution is 6.00. The van der Waals surface area contributed by atoms with E-state index >= 15 is 0 Å². The quantitative estimate of drug-likeness (QED) is 0.705. The number of aryl methyl sites for hydroxylation is 1. The van der Waals surface area contributed by atoms with Gasteiger partial charge in [-0.2, -0.15) is 5.10 Å². The van der Waals surface area contributed by atoms with Gasteiger partial charge in [-0.15, -0.1) is 0 Å². The standard InChI is InChI=1S/C11H16N4O2/c1-8-11(17)15(10(16)6-12-8)4-3-9-5-13-14(2)7-9/h5,7-8,12H,3-4,6H2,1-2H3. The van der Waals surface area contributed by atoms with Crippen LogP contribution in [0.2, 0.25) is 0 Å². The van der Waals surface area contributed by atoms with Crippen LogP contribution in [0.25, 0.3) is 0 Å². The molecule has 6 nitrogen and oxygen atoms in total. The Morgan fingerprint density at radius 2 is 2.29 bits per heavy atom. The summed E-state index contributed by atoms with van der Waals surface area (Å²) >= 11 is 0. The molecule has 17 heavy (non-hydrogen) atoms. The van der Waals surface area contributed by atoms with Crippen LogP contribution in [0.15, 0.2) is 12.4 Å². The second-order valence-electron chi connectivity index (χ2n) is 4.26. The SMILES string of the molecule is CC1NCC(=O)N(CCc2cnn(C)c2)C1=O. The zero-order valence-corrected chi connectivity index (χ0v) is 10.0. The first kappa shape index (κ1) is 11.8. The molecule has 1 aliphatic rings. The summed E-state index contributed by atoms with van der Waals surface area (Å²) in [5, 5.41) is 6.91. The van der Waals surface area contributed by atoms with Gasteiger partial charge in [-0.1, -0.05) is 0 Å². The van der Waals surface area contributed by atoms with Crippen molar-refractivity contribution < 1.29 is 9.59 Å². The predicted molar refractivity (Wildman–Crippen MR) is 61.1 cm³/mol. The molecule has 92 valence electrons. The van der Waals surface area contributed by atoms with E-state index in [2.05, 4.69) is 10.4 Å². The Labute approximate surface area is 99.6 Å². The summed E-state index contributed by atoms with van der Waals surface area (Å²) in [5.74, 6) is -0.304. The summed E-state index contributed by atoms with van der Waals surface area (Å²) < 4.78 is 1.71. The first-order chi connectivity index (χ1) is 8.08. The number of aromatic nitrogens is 2. The highest BCUT2D eigenvalue weighted by Crippen LogP contribution is 2.05. The van der Waals surface area contributed by atoms with Crippen molar-refractivity contribution >= 4 is 11.8 Å². The molecule has 2 amide bonds. The molecule has 1 aromatic rings. The van der Waals surface area contributed by atoms with Crippen LogP contribution in [-0.4, -0.2) is 45.6 Å². The van der Waals surface area contributed by atoms with E-state index in [4.69, 9.17) is 0 Å². The second kappa shape index (κ2) is 4.67. The van der Waals surface area contributed by atoms with Crippen molar-refractivity contribution in [1.82, 2.24) is 20.0 Å². The Morgan fingerprint density at radius 1 is 1.53 bits per heavy atom. The van der Waals surface area contributed by atoms with Crippen molar-refractivity contribution in [1.29, 1.82) is 0 Å². The van der Waals surface area contributed by atoms with E-state index in [1.54, 1.807) is 17.8 Å². The molecule has 1 unspecified atom stereocenters. The van der Waals surface area contributed by atoms with Gasteiger partial charge >= 0.3 is 0 Å². The van der Waals surface area contributed by atoms with Crippen LogP contribution in [0.4, 0.5) is 0 Å². The number of carbonyl (C=O) groups excluding carboxylic acids is 2. The number of hydrogen-bond acceptors (Lipinski definition) is 4. The lowest BCUT2D eigenvalue weighted by Crippen LogP contribution is -2.57. The molecule has 0 radical (unpaired) electrons. The molecule has 2 heterocycles. The van der Waals surface area contributed by atoms with Crippen molar-refractivity contribution in [2.24, 2.45) is 7.05 Å². The van der Waals surface area contributed by atoms with E-state index in [1.807, 2.05) is 13.2 Å². The molecule has 0 aliphatic carbocycles. The molecular weight excluding hydrogens is 220 g/mol. The number of nitrogens with zero attached hydrogens (tertiary/aromatic N) is 3. The average molecular weight is 236 g/mol. The first-order valence-corrected chi connectivity index (χ1v) is 5.63. The fraction of sp³-hybridized carbons (Fsp3) is 0.545. The molecule has 0 spiro atoms. The van der Waals surface area contributed by atoms with Crippen molar-refractivity contribution in [3.8, 4) is 0 Å². The summed E-state index contributed by atoms with van der Waals surface area (Å²) in [6.07, 6.45) is 4.29. The van der Waals surface area contributed by atoms with E-state index in [0.29, 0.717) is 13.0 Å². The average Bonchev–Trinajstić information content (AvgIpc) is 2.70. The maximum absolute atomic E-state index is 11.8. The van der Waals surface area contributed by atoms with Crippen LogP contribution in [0, 0.1) is 0 Å². The highest BCUT2D eigenvalue weighted by atomic mass is 16.2. The Hall–Kier alpha value is -1.69. The summed E-state index contributed by atoms with van der Waals surface area (Å²) in [7, 11) is 1.84. The molecule has 6 heteroatoms. The lowest BCUT2D eigenvalue weighted by molar-refractivity contribution is -0.148. The van der Waals surface area contributed by atoms with E-state index < -0.39 is 0 Å². The van der Waals surface area contributed by atoms with Gasteiger partial charge < -0.3 is 0 Å². The van der Waals surface area contributed by atoms with Gasteiger partial charge in [-0.05, 0) is 18.9 Å². The minimum atomic E-state index is -0.276. The molecule has 1 atom stereocenters. The molecule has 1 aliphatic heterocycles. The highest BCUT2D eigenvalue weighted by Gasteiger charge is 2.30. The normalized spacial score (nSPS) is 21.1. The van der Waals surface area contributed by atoms with Crippen LogP contribution in [0.1, 0.15) is 12.5 Å². The predicted octanol–water partition coefficient (Wildman–Crippen LogP) is -0.690. The van der Waals surface area contributed by atoms with Gasteiger partial charge in [0.15, 0.2) is 0 Å². The van der Waals surface area contributed by atoms with Gasteiger partial charge in [0, 0.05) is 19.8 Å². The fourth-order valence-electron chi connectivity index (χ4n) is 1.86. The van der Waals surface area contributed by atoms with Crippen LogP contribution in [0.5, 0.6) is 0 Å². The maximum atomic E-state index is 11.8. The van der Waals surface area contributed by atoms with Crippen molar-refractivity contribution in [2.45, 2.75) is 19.4 Å². The zero-order chi connectivity index (χ0) is 12.4. The third-order valence-corrected chi connectivity index (χ3v) is 2.88. The zero-order valence-electron chi connectivity index (χ0n) is 10.0. The Kier molecular flexibility index (Phi) is 3.23. The lowest BCUT2D eigenvalue weighted by Gasteiger charge is -2.29. The maximum Gasteiger partial charge on any atom is 0.246 e. The van der Waals surface area contributed by atoms with E-state index in [-0.39, 0.29) is 24.4 Å². The number of hydrogen-bond donors (Lipinski definition) is 1. The molecule has 0 aromatic carbocycles. The largest absolute Gasteiger partial charge is 0.298 e. The van der Waals surface area contributed by atoms with Gasteiger partial charge in [0.05, 0.1) is 18.8 Å². The van der Waals surface area contributed by atoms with E-state index in [9.17, 15) is 9.59 Å². The Bertz CT molecular complexity index is 440. The first-order valence-electron chi connectivity index (χ1n) is 5.63. The van der Waals surface area contributed by atoms with Crippen LogP contribution in [0.3, 0.4) is 0 Å². The number of imide groups is 1. The summed E-state index contributed by atoms with van der Waals surface area (Å²) in [6, 6.07) is -0.276. The Balaban J connectivity index is 1.97. The number of amides is 2. The minimum absolute atomic E-state index is 0.148. The monoisotopic (exact) mass is 236 g/mol. The minimum Gasteiger partial charge on any atom is -0.298 e. The molecule has 0 saturated carbocycles. The van der Waals surface area contributed by atoms with Crippen molar-refractivity contribution in [3.63, 3.8) is 0 Å². The molecule has 1 N–H and O–H groups in total. The molecule has 2 rings (SSSR count). The van der Waals surface area contributed by atoms with Crippen LogP contribution >= 0.6 is 0 Å². The van der Waals surface area contributed by atoms with E-state index in [1.165, 1.54) is 4.90 Å². The smallest absolute Gasteiger partial charge is 0.246 e. The molecule has 1 saturated heterocycles. The second-order valence-corrected chi connectivity index (χ2v) is 4.26. The molecule has 1 fully saturated rings. The summed E-state index contributed by atoms with van der Waals surface area (Å²) in [5.41, 5.74) is 1.03. The topological polar surface area (TPSA) is 67.2 Å². The molecular formula is C11H16N4O2. The lowest BCUT2D eigenvalue weighted by atomic mass is 10.2. The summed E-state index contributed by atoms with van der Waals surface area (Å²) in [6.45, 7) is 2.43. The Morgan fingerprint density at radius 3 is 2.94 bits per heavy atom. The number of carbonyl (C=O) groups is 2. The van der Waals surface area contributed by atoms with Gasteiger partial charge in [0.1, 0.15) is 0 Å². The molecule has 1 aromatic heterocycles. The van der Waals surface area contributed by atoms with Gasteiger partial charge in [0.25, 0.3) is 0 Å². The van der Waals surface area contributed by atoms with Gasteiger partial charge in [0.2, 0.25) is 11.8 Å². The number of piperazine rings is 1. The molecule has 0 bridgehead atoms. The third-order valence-electron chi connectivity index (χ3n) is 2.88.